The van der Waals surface area contributed by atoms with Gasteiger partial charge in [-0.1, -0.05) is 69.7 Å². The van der Waals surface area contributed by atoms with Crippen LogP contribution < -0.4 is 0 Å². The van der Waals surface area contributed by atoms with Gasteiger partial charge >= 0.3 is 11.9 Å². The maximum atomic E-state index is 14.7. The minimum atomic E-state index is -1.02. The van der Waals surface area contributed by atoms with Crippen LogP contribution in [0.4, 0.5) is 4.39 Å². The first-order valence-electron chi connectivity index (χ1n) is 11.9. The van der Waals surface area contributed by atoms with Gasteiger partial charge in [0.2, 0.25) is 0 Å². The van der Waals surface area contributed by atoms with Gasteiger partial charge in [0.1, 0.15) is 11.9 Å². The van der Waals surface area contributed by atoms with Crippen LogP contribution in [0.1, 0.15) is 65.4 Å². The van der Waals surface area contributed by atoms with E-state index in [2.05, 4.69) is 20.8 Å². The Balaban J connectivity index is 1.62. The topological polar surface area (TPSA) is 52.6 Å². The predicted octanol–water partition coefficient (Wildman–Crippen LogP) is 6.53. The molecule has 1 fully saturated rings. The van der Waals surface area contributed by atoms with Crippen molar-refractivity contribution in [2.45, 2.75) is 72.0 Å². The number of hydrogen-bond acceptors (Lipinski definition) is 4. The summed E-state index contributed by atoms with van der Waals surface area (Å²) in [6, 6.07) is 14.0. The first-order chi connectivity index (χ1) is 15.7. The van der Waals surface area contributed by atoms with Crippen LogP contribution in [0.5, 0.6) is 0 Å². The van der Waals surface area contributed by atoms with Gasteiger partial charge in [-0.15, -0.1) is 0 Å². The largest absolute Gasteiger partial charge is 0.459 e. The Morgan fingerprint density at radius 3 is 2.30 bits per heavy atom. The van der Waals surface area contributed by atoms with Crippen molar-refractivity contribution in [3.8, 4) is 11.1 Å². The third kappa shape index (κ3) is 6.21. The van der Waals surface area contributed by atoms with Crippen molar-refractivity contribution in [1.82, 2.24) is 0 Å². The van der Waals surface area contributed by atoms with E-state index in [4.69, 9.17) is 9.47 Å². The Kier molecular flexibility index (Phi) is 8.28. The lowest BCUT2D eigenvalue weighted by Gasteiger charge is -2.37. The van der Waals surface area contributed by atoms with Crippen LogP contribution in [0.3, 0.4) is 0 Å². The van der Waals surface area contributed by atoms with E-state index in [0.29, 0.717) is 28.9 Å². The minimum absolute atomic E-state index is 0.153. The van der Waals surface area contributed by atoms with Gasteiger partial charge in [-0.05, 0) is 61.6 Å². The molecule has 33 heavy (non-hydrogen) atoms. The second-order valence-electron chi connectivity index (χ2n) is 9.71. The molecule has 2 unspecified atom stereocenters. The van der Waals surface area contributed by atoms with E-state index in [1.165, 1.54) is 13.0 Å². The fourth-order valence-electron chi connectivity index (χ4n) is 4.61. The van der Waals surface area contributed by atoms with Crippen LogP contribution in [0, 0.1) is 23.6 Å². The first kappa shape index (κ1) is 24.9. The maximum Gasteiger partial charge on any atom is 0.347 e. The minimum Gasteiger partial charge on any atom is -0.459 e. The third-order valence-corrected chi connectivity index (χ3v) is 6.79. The van der Waals surface area contributed by atoms with Crippen molar-refractivity contribution in [3.63, 3.8) is 0 Å². The fourth-order valence-corrected chi connectivity index (χ4v) is 4.61. The van der Waals surface area contributed by atoms with Gasteiger partial charge < -0.3 is 9.47 Å². The highest BCUT2D eigenvalue weighted by atomic mass is 19.1. The molecular weight excluding hydrogens is 419 g/mol. The molecule has 2 aromatic rings. The highest BCUT2D eigenvalue weighted by Gasteiger charge is 2.35. The molecule has 0 spiro atoms. The van der Waals surface area contributed by atoms with E-state index >= 15 is 0 Å². The summed E-state index contributed by atoms with van der Waals surface area (Å²) in [6.07, 6.45) is 1.84. The molecule has 5 heteroatoms. The highest BCUT2D eigenvalue weighted by Crippen LogP contribution is 2.35. The van der Waals surface area contributed by atoms with E-state index in [-0.39, 0.29) is 6.10 Å². The van der Waals surface area contributed by atoms with E-state index in [9.17, 15) is 14.0 Å². The Labute approximate surface area is 196 Å². The van der Waals surface area contributed by atoms with Gasteiger partial charge in [-0.3, -0.25) is 4.79 Å². The van der Waals surface area contributed by atoms with Gasteiger partial charge in [-0.25, -0.2) is 9.18 Å². The SMILES string of the molecule is CC(OC(=O)C(C)c1ccc(-c2ccccc2)c(F)c1)C(=O)O[C@H]1C[C@@H](C)CC[C@@H]1C(C)C. The number of rotatable bonds is 7. The molecule has 1 aliphatic carbocycles. The first-order valence-corrected chi connectivity index (χ1v) is 11.9. The fraction of sp³-hybridized carbons (Fsp3) is 0.500. The van der Waals surface area contributed by atoms with Crippen molar-refractivity contribution in [2.75, 3.05) is 0 Å². The maximum absolute atomic E-state index is 14.7. The van der Waals surface area contributed by atoms with Crippen LogP contribution in [-0.4, -0.2) is 24.1 Å². The van der Waals surface area contributed by atoms with Crippen LogP contribution in [-0.2, 0) is 19.1 Å². The lowest BCUT2D eigenvalue weighted by molar-refractivity contribution is -0.175. The quantitative estimate of drug-likeness (QED) is 0.446. The normalized spacial score (nSPS) is 22.5. The Morgan fingerprint density at radius 2 is 1.67 bits per heavy atom. The Hall–Kier alpha value is -2.69. The number of carbonyl (C=O) groups is 2. The van der Waals surface area contributed by atoms with Crippen LogP contribution in [0.15, 0.2) is 48.5 Å². The highest BCUT2D eigenvalue weighted by molar-refractivity contribution is 5.83. The molecule has 0 N–H and O–H groups in total. The van der Waals surface area contributed by atoms with Crippen LogP contribution >= 0.6 is 0 Å². The van der Waals surface area contributed by atoms with E-state index < -0.39 is 29.8 Å². The molecule has 3 rings (SSSR count). The lowest BCUT2D eigenvalue weighted by atomic mass is 9.75. The molecule has 0 heterocycles. The second-order valence-corrected chi connectivity index (χ2v) is 9.71. The van der Waals surface area contributed by atoms with Crippen LogP contribution in [0.2, 0.25) is 0 Å². The van der Waals surface area contributed by atoms with Crippen molar-refractivity contribution >= 4 is 11.9 Å². The molecule has 0 bridgehead atoms. The van der Waals surface area contributed by atoms with Crippen molar-refractivity contribution in [2.24, 2.45) is 17.8 Å². The molecule has 0 amide bonds. The zero-order valence-electron chi connectivity index (χ0n) is 20.2. The summed E-state index contributed by atoms with van der Waals surface area (Å²) in [5.41, 5.74) is 1.74. The molecule has 2 aromatic carbocycles. The molecule has 0 aromatic heterocycles. The summed E-state index contributed by atoms with van der Waals surface area (Å²) in [4.78, 5) is 25.4. The zero-order valence-corrected chi connectivity index (χ0v) is 20.2. The molecule has 4 nitrogen and oxygen atoms in total. The molecule has 0 radical (unpaired) electrons. The van der Waals surface area contributed by atoms with E-state index in [1.54, 1.807) is 19.1 Å². The summed E-state index contributed by atoms with van der Waals surface area (Å²) in [5.74, 6) is -0.978. The predicted molar refractivity (Wildman–Crippen MR) is 127 cm³/mol. The molecular formula is C28H35FO4. The van der Waals surface area contributed by atoms with E-state index in [1.807, 2.05) is 30.3 Å². The van der Waals surface area contributed by atoms with Gasteiger partial charge in [0.25, 0.3) is 0 Å². The molecule has 1 aliphatic rings. The summed E-state index contributed by atoms with van der Waals surface area (Å²) < 4.78 is 25.9. The van der Waals surface area contributed by atoms with Gasteiger partial charge in [0.15, 0.2) is 6.10 Å². The number of esters is 2. The average molecular weight is 455 g/mol. The third-order valence-electron chi connectivity index (χ3n) is 6.79. The lowest BCUT2D eigenvalue weighted by Crippen LogP contribution is -2.39. The number of ether oxygens (including phenoxy) is 2. The summed E-state index contributed by atoms with van der Waals surface area (Å²) in [7, 11) is 0. The van der Waals surface area contributed by atoms with Crippen molar-refractivity contribution < 1.29 is 23.5 Å². The number of hydrogen-bond donors (Lipinski definition) is 0. The zero-order chi connectivity index (χ0) is 24.1. The molecule has 5 atom stereocenters. The summed E-state index contributed by atoms with van der Waals surface area (Å²) >= 11 is 0. The molecule has 0 aliphatic heterocycles. The average Bonchev–Trinajstić information content (AvgIpc) is 2.78. The smallest absolute Gasteiger partial charge is 0.347 e. The Morgan fingerprint density at radius 1 is 0.970 bits per heavy atom. The van der Waals surface area contributed by atoms with E-state index in [0.717, 1.165) is 24.8 Å². The number of benzene rings is 2. The number of halogens is 1. The van der Waals surface area contributed by atoms with Crippen molar-refractivity contribution in [3.05, 3.63) is 59.9 Å². The monoisotopic (exact) mass is 454 g/mol. The van der Waals surface area contributed by atoms with Crippen molar-refractivity contribution in [1.29, 1.82) is 0 Å². The molecule has 178 valence electrons. The Bertz CT molecular complexity index is 956. The van der Waals surface area contributed by atoms with Gasteiger partial charge in [0.05, 0.1) is 5.92 Å². The number of carbonyl (C=O) groups excluding carboxylic acids is 2. The molecule has 1 saturated carbocycles. The standard InChI is InChI=1S/C28H35FO4/c1-17(2)23-13-11-18(3)15-26(23)33-28(31)20(5)32-27(30)19(4)22-12-14-24(25(29)16-22)21-9-7-6-8-10-21/h6-10,12,14,16-20,23,26H,11,13,15H2,1-5H3/t18-,19?,20?,23+,26-/m0/s1. The second kappa shape index (κ2) is 11.0. The molecule has 0 saturated heterocycles. The summed E-state index contributed by atoms with van der Waals surface area (Å²) in [6.45, 7) is 9.64. The van der Waals surface area contributed by atoms with Crippen LogP contribution in [0.25, 0.3) is 11.1 Å². The van der Waals surface area contributed by atoms with Gasteiger partial charge in [-0.2, -0.15) is 0 Å². The van der Waals surface area contributed by atoms with Gasteiger partial charge in [0, 0.05) is 5.56 Å². The summed E-state index contributed by atoms with van der Waals surface area (Å²) in [5, 5.41) is 0.